The van der Waals surface area contributed by atoms with Crippen molar-refractivity contribution in [2.24, 2.45) is 0 Å². The maximum Gasteiger partial charge on any atom is 0.125 e. The van der Waals surface area contributed by atoms with E-state index in [0.717, 1.165) is 18.1 Å². The predicted octanol–water partition coefficient (Wildman–Crippen LogP) is 3.01. The van der Waals surface area contributed by atoms with Crippen molar-refractivity contribution >= 4 is 11.3 Å². The summed E-state index contributed by atoms with van der Waals surface area (Å²) in [5.41, 5.74) is 2.40. The molecule has 0 radical (unpaired) electrons. The van der Waals surface area contributed by atoms with Gasteiger partial charge in [-0.2, -0.15) is 0 Å². The van der Waals surface area contributed by atoms with Crippen LogP contribution in [-0.4, -0.2) is 9.97 Å². The molecule has 1 N–H and O–H groups in total. The lowest BCUT2D eigenvalue weighted by Gasteiger charge is -2.13. The Morgan fingerprint density at radius 1 is 1.35 bits per heavy atom. The van der Waals surface area contributed by atoms with E-state index in [-0.39, 0.29) is 0 Å². The summed E-state index contributed by atoms with van der Waals surface area (Å²) in [6, 6.07) is 4.48. The quantitative estimate of drug-likeness (QED) is 0.902. The van der Waals surface area contributed by atoms with Crippen molar-refractivity contribution in [1.82, 2.24) is 15.3 Å². The summed E-state index contributed by atoms with van der Waals surface area (Å²) >= 11 is 1.80. The highest BCUT2D eigenvalue weighted by Gasteiger charge is 2.09. The van der Waals surface area contributed by atoms with Crippen molar-refractivity contribution in [1.29, 1.82) is 0 Å². The van der Waals surface area contributed by atoms with Gasteiger partial charge in [-0.1, -0.05) is 0 Å². The first kappa shape index (κ1) is 12.2. The second-order valence-corrected chi connectivity index (χ2v) is 5.11. The van der Waals surface area contributed by atoms with Gasteiger partial charge in [0.1, 0.15) is 5.82 Å². The minimum absolute atomic E-state index is 0.366. The van der Waals surface area contributed by atoms with E-state index in [2.05, 4.69) is 40.6 Å². The summed E-state index contributed by atoms with van der Waals surface area (Å²) in [7, 11) is 0. The third-order valence-corrected chi connectivity index (χ3v) is 3.92. The molecule has 2 aromatic rings. The summed E-state index contributed by atoms with van der Waals surface area (Å²) in [4.78, 5) is 9.87. The summed E-state index contributed by atoms with van der Waals surface area (Å²) < 4.78 is 0. The van der Waals surface area contributed by atoms with Gasteiger partial charge in [0.25, 0.3) is 0 Å². The van der Waals surface area contributed by atoms with Crippen LogP contribution in [0.15, 0.2) is 23.7 Å². The highest BCUT2D eigenvalue weighted by Crippen LogP contribution is 2.23. The third-order valence-electron chi connectivity index (χ3n) is 2.72. The highest BCUT2D eigenvalue weighted by atomic mass is 32.1. The maximum atomic E-state index is 4.38. The number of nitrogens with zero attached hydrogens (tertiary/aromatic N) is 2. The van der Waals surface area contributed by atoms with Crippen molar-refractivity contribution < 1.29 is 0 Å². The number of nitrogens with one attached hydrogen (secondary N) is 1. The van der Waals surface area contributed by atoms with Crippen LogP contribution < -0.4 is 5.32 Å². The van der Waals surface area contributed by atoms with Crippen LogP contribution in [-0.2, 0) is 6.54 Å². The second kappa shape index (κ2) is 5.38. The first-order valence-corrected chi connectivity index (χ1v) is 6.60. The zero-order valence-electron chi connectivity index (χ0n) is 10.4. The Morgan fingerprint density at radius 2 is 2.18 bits per heavy atom. The molecule has 1 atom stereocenters. The van der Waals surface area contributed by atoms with Gasteiger partial charge in [0.05, 0.1) is 5.69 Å². The average Bonchev–Trinajstić information content (AvgIpc) is 2.72. The van der Waals surface area contributed by atoms with Gasteiger partial charge in [-0.25, -0.2) is 9.97 Å². The van der Waals surface area contributed by atoms with Crippen LogP contribution in [0, 0.1) is 13.8 Å². The zero-order chi connectivity index (χ0) is 12.3. The first-order chi connectivity index (χ1) is 8.16. The molecule has 2 heterocycles. The molecule has 1 unspecified atom stereocenters. The molecule has 0 saturated carbocycles. The molecule has 17 heavy (non-hydrogen) atoms. The van der Waals surface area contributed by atoms with Crippen molar-refractivity contribution in [3.63, 3.8) is 0 Å². The SMILES string of the molecule is Cc1nccc(CNC(C)c2sccc2C)n1. The third kappa shape index (κ3) is 3.11. The second-order valence-electron chi connectivity index (χ2n) is 4.17. The number of hydrogen-bond donors (Lipinski definition) is 1. The Morgan fingerprint density at radius 3 is 2.82 bits per heavy atom. The van der Waals surface area contributed by atoms with E-state index in [1.165, 1.54) is 10.4 Å². The topological polar surface area (TPSA) is 37.8 Å². The molecule has 0 spiro atoms. The molecule has 90 valence electrons. The Kier molecular flexibility index (Phi) is 3.86. The van der Waals surface area contributed by atoms with E-state index in [9.17, 15) is 0 Å². The lowest BCUT2D eigenvalue weighted by Crippen LogP contribution is -2.18. The van der Waals surface area contributed by atoms with Gasteiger partial charge >= 0.3 is 0 Å². The van der Waals surface area contributed by atoms with Gasteiger partial charge in [0, 0.05) is 23.7 Å². The van der Waals surface area contributed by atoms with E-state index in [4.69, 9.17) is 0 Å². The normalized spacial score (nSPS) is 12.6. The molecule has 2 aromatic heterocycles. The fourth-order valence-electron chi connectivity index (χ4n) is 1.78. The van der Waals surface area contributed by atoms with E-state index in [0.29, 0.717) is 6.04 Å². The van der Waals surface area contributed by atoms with Crippen LogP contribution in [0.5, 0.6) is 0 Å². The molecule has 2 rings (SSSR count). The molecule has 0 amide bonds. The zero-order valence-corrected chi connectivity index (χ0v) is 11.2. The molecular weight excluding hydrogens is 230 g/mol. The van der Waals surface area contributed by atoms with Crippen molar-refractivity contribution in [3.8, 4) is 0 Å². The fourth-order valence-corrected chi connectivity index (χ4v) is 2.74. The van der Waals surface area contributed by atoms with Crippen LogP contribution in [0.1, 0.15) is 34.9 Å². The van der Waals surface area contributed by atoms with Gasteiger partial charge in [-0.05, 0) is 43.8 Å². The van der Waals surface area contributed by atoms with Crippen molar-refractivity contribution in [2.75, 3.05) is 0 Å². The van der Waals surface area contributed by atoms with Crippen LogP contribution >= 0.6 is 11.3 Å². The molecule has 4 heteroatoms. The fraction of sp³-hybridized carbons (Fsp3) is 0.385. The number of hydrogen-bond acceptors (Lipinski definition) is 4. The van der Waals surface area contributed by atoms with Gasteiger partial charge in [0.2, 0.25) is 0 Å². The lowest BCUT2D eigenvalue weighted by atomic mass is 10.2. The molecule has 0 aromatic carbocycles. The molecule has 3 nitrogen and oxygen atoms in total. The maximum absolute atomic E-state index is 4.38. The molecule has 0 aliphatic carbocycles. The number of rotatable bonds is 4. The molecule has 0 saturated heterocycles. The van der Waals surface area contributed by atoms with Crippen LogP contribution in [0.4, 0.5) is 0 Å². The largest absolute Gasteiger partial charge is 0.304 e. The Hall–Kier alpha value is -1.26. The van der Waals surface area contributed by atoms with Gasteiger partial charge in [-0.3, -0.25) is 0 Å². The van der Waals surface area contributed by atoms with Crippen LogP contribution in [0.2, 0.25) is 0 Å². The molecule has 0 aliphatic rings. The average molecular weight is 247 g/mol. The summed E-state index contributed by atoms with van der Waals surface area (Å²) in [6.45, 7) is 7.03. The number of thiophene rings is 1. The Bertz CT molecular complexity index is 493. The Balaban J connectivity index is 1.97. The summed E-state index contributed by atoms with van der Waals surface area (Å²) in [5, 5.41) is 5.63. The van der Waals surface area contributed by atoms with Gasteiger partial charge in [-0.15, -0.1) is 11.3 Å². The standard InChI is InChI=1S/C13H17N3S/c1-9-5-7-17-13(9)10(2)15-8-12-4-6-14-11(3)16-12/h4-7,10,15H,8H2,1-3H3. The van der Waals surface area contributed by atoms with Crippen LogP contribution in [0.3, 0.4) is 0 Å². The molecule has 0 fully saturated rings. The minimum Gasteiger partial charge on any atom is -0.304 e. The van der Waals surface area contributed by atoms with E-state index in [1.54, 1.807) is 17.5 Å². The monoisotopic (exact) mass is 247 g/mol. The van der Waals surface area contributed by atoms with Crippen molar-refractivity contribution in [2.45, 2.75) is 33.4 Å². The van der Waals surface area contributed by atoms with Crippen LogP contribution in [0.25, 0.3) is 0 Å². The van der Waals surface area contributed by atoms with Crippen molar-refractivity contribution in [3.05, 3.63) is 45.7 Å². The van der Waals surface area contributed by atoms with E-state index >= 15 is 0 Å². The number of aromatic nitrogens is 2. The Labute approximate surface area is 106 Å². The predicted molar refractivity (Wildman–Crippen MR) is 71.1 cm³/mol. The molecule has 0 aliphatic heterocycles. The van der Waals surface area contributed by atoms with E-state index < -0.39 is 0 Å². The smallest absolute Gasteiger partial charge is 0.125 e. The van der Waals surface area contributed by atoms with E-state index in [1.807, 2.05) is 13.0 Å². The first-order valence-electron chi connectivity index (χ1n) is 5.72. The highest BCUT2D eigenvalue weighted by molar-refractivity contribution is 7.10. The lowest BCUT2D eigenvalue weighted by molar-refractivity contribution is 0.572. The van der Waals surface area contributed by atoms with Gasteiger partial charge in [0.15, 0.2) is 0 Å². The summed E-state index contributed by atoms with van der Waals surface area (Å²) in [6.07, 6.45) is 1.81. The minimum atomic E-state index is 0.366. The summed E-state index contributed by atoms with van der Waals surface area (Å²) in [5.74, 6) is 0.823. The molecular formula is C13H17N3S. The van der Waals surface area contributed by atoms with Gasteiger partial charge < -0.3 is 5.32 Å². The molecule has 0 bridgehead atoms. The number of aryl methyl sites for hydroxylation is 2.